The number of ether oxygens (including phenoxy) is 1. The quantitative estimate of drug-likeness (QED) is 0.845. The molecule has 0 aromatic heterocycles. The van der Waals surface area contributed by atoms with E-state index in [-0.39, 0.29) is 17.9 Å². The van der Waals surface area contributed by atoms with E-state index >= 15 is 0 Å². The molecule has 3 nitrogen and oxygen atoms in total. The molecule has 0 spiro atoms. The molecule has 0 saturated carbocycles. The zero-order valence-corrected chi connectivity index (χ0v) is 14.9. The number of nitrogens with one attached hydrogen (secondary N) is 1. The molecule has 25 heavy (non-hydrogen) atoms. The van der Waals surface area contributed by atoms with Crippen molar-refractivity contribution in [3.05, 3.63) is 71.8 Å². The Hall–Kier alpha value is -2.13. The summed E-state index contributed by atoms with van der Waals surface area (Å²) in [5.41, 5.74) is 2.42. The number of benzene rings is 2. The van der Waals surface area contributed by atoms with Gasteiger partial charge >= 0.3 is 0 Å². The predicted molar refractivity (Wildman–Crippen MR) is 100 cm³/mol. The van der Waals surface area contributed by atoms with Gasteiger partial charge in [0.25, 0.3) is 0 Å². The van der Waals surface area contributed by atoms with Crippen molar-refractivity contribution in [2.75, 3.05) is 13.2 Å². The van der Waals surface area contributed by atoms with E-state index in [2.05, 4.69) is 36.5 Å². The first-order valence-corrected chi connectivity index (χ1v) is 9.25. The lowest BCUT2D eigenvalue weighted by Gasteiger charge is -2.31. The highest BCUT2D eigenvalue weighted by atomic mass is 16.5. The molecule has 132 valence electrons. The fraction of sp³-hybridized carbons (Fsp3) is 0.409. The third-order valence-electron chi connectivity index (χ3n) is 5.03. The lowest BCUT2D eigenvalue weighted by atomic mass is 9.88. The van der Waals surface area contributed by atoms with E-state index < -0.39 is 0 Å². The predicted octanol–water partition coefficient (Wildman–Crippen LogP) is 4.46. The highest BCUT2D eigenvalue weighted by molar-refractivity contribution is 5.79. The van der Waals surface area contributed by atoms with Gasteiger partial charge < -0.3 is 10.1 Å². The SMILES string of the molecule is CC(CCNC(=O)C1CCCOC1c1ccccc1)c1ccccc1. The topological polar surface area (TPSA) is 38.3 Å². The second-order valence-corrected chi connectivity index (χ2v) is 6.84. The highest BCUT2D eigenvalue weighted by Crippen LogP contribution is 2.33. The van der Waals surface area contributed by atoms with Crippen LogP contribution in [0.3, 0.4) is 0 Å². The summed E-state index contributed by atoms with van der Waals surface area (Å²) in [6, 6.07) is 20.6. The molecule has 3 atom stereocenters. The molecular formula is C22H27NO2. The van der Waals surface area contributed by atoms with E-state index in [9.17, 15) is 4.79 Å². The van der Waals surface area contributed by atoms with Crippen LogP contribution in [0, 0.1) is 5.92 Å². The van der Waals surface area contributed by atoms with E-state index in [0.29, 0.717) is 12.5 Å². The normalized spacial score (nSPS) is 21.5. The maximum Gasteiger partial charge on any atom is 0.226 e. The summed E-state index contributed by atoms with van der Waals surface area (Å²) >= 11 is 0. The number of hydrogen-bond donors (Lipinski definition) is 1. The summed E-state index contributed by atoms with van der Waals surface area (Å²) < 4.78 is 5.93. The Morgan fingerprint density at radius 3 is 2.52 bits per heavy atom. The number of carbonyl (C=O) groups excluding carboxylic acids is 1. The second-order valence-electron chi connectivity index (χ2n) is 6.84. The number of hydrogen-bond acceptors (Lipinski definition) is 2. The van der Waals surface area contributed by atoms with Crippen molar-refractivity contribution in [2.45, 2.75) is 38.2 Å². The van der Waals surface area contributed by atoms with Crippen molar-refractivity contribution >= 4 is 5.91 Å². The molecule has 3 heteroatoms. The van der Waals surface area contributed by atoms with Crippen molar-refractivity contribution in [3.63, 3.8) is 0 Å². The minimum absolute atomic E-state index is 0.0943. The summed E-state index contributed by atoms with van der Waals surface area (Å²) in [4.78, 5) is 12.7. The van der Waals surface area contributed by atoms with Crippen LogP contribution in [0.4, 0.5) is 0 Å². The molecule has 0 bridgehead atoms. The minimum Gasteiger partial charge on any atom is -0.373 e. The lowest BCUT2D eigenvalue weighted by molar-refractivity contribution is -0.134. The molecule has 1 aliphatic rings. The molecule has 2 aromatic carbocycles. The van der Waals surface area contributed by atoms with Gasteiger partial charge in [0, 0.05) is 13.2 Å². The maximum atomic E-state index is 12.7. The number of rotatable bonds is 6. The van der Waals surface area contributed by atoms with Crippen LogP contribution in [0.15, 0.2) is 60.7 Å². The van der Waals surface area contributed by atoms with Gasteiger partial charge in [-0.1, -0.05) is 67.6 Å². The molecule has 0 radical (unpaired) electrons. The van der Waals surface area contributed by atoms with Gasteiger partial charge in [0.1, 0.15) is 0 Å². The van der Waals surface area contributed by atoms with Gasteiger partial charge in [0.05, 0.1) is 12.0 Å². The molecule has 1 amide bonds. The molecule has 1 N–H and O–H groups in total. The fourth-order valence-electron chi connectivity index (χ4n) is 3.51. The summed E-state index contributed by atoms with van der Waals surface area (Å²) in [6.45, 7) is 3.64. The third-order valence-corrected chi connectivity index (χ3v) is 5.03. The van der Waals surface area contributed by atoms with Crippen molar-refractivity contribution < 1.29 is 9.53 Å². The van der Waals surface area contributed by atoms with Crippen LogP contribution >= 0.6 is 0 Å². The Balaban J connectivity index is 1.54. The first kappa shape index (κ1) is 17.7. The van der Waals surface area contributed by atoms with E-state index in [1.807, 2.05) is 36.4 Å². The van der Waals surface area contributed by atoms with Gasteiger partial charge in [-0.2, -0.15) is 0 Å². The van der Waals surface area contributed by atoms with Gasteiger partial charge in [0.2, 0.25) is 5.91 Å². The smallest absolute Gasteiger partial charge is 0.226 e. The number of amides is 1. The molecule has 0 aliphatic carbocycles. The van der Waals surface area contributed by atoms with Crippen LogP contribution in [0.2, 0.25) is 0 Å². The van der Waals surface area contributed by atoms with Crippen LogP contribution < -0.4 is 5.32 Å². The van der Waals surface area contributed by atoms with Crippen molar-refractivity contribution in [2.24, 2.45) is 5.92 Å². The number of carbonyl (C=O) groups is 1. The molecule has 2 aromatic rings. The summed E-state index contributed by atoms with van der Waals surface area (Å²) in [6.07, 6.45) is 2.65. The first-order valence-electron chi connectivity index (χ1n) is 9.25. The monoisotopic (exact) mass is 337 g/mol. The molecule has 1 saturated heterocycles. The highest BCUT2D eigenvalue weighted by Gasteiger charge is 2.32. The lowest BCUT2D eigenvalue weighted by Crippen LogP contribution is -2.38. The fourth-order valence-corrected chi connectivity index (χ4v) is 3.51. The average Bonchev–Trinajstić information content (AvgIpc) is 2.69. The first-order chi connectivity index (χ1) is 12.3. The van der Waals surface area contributed by atoms with Gasteiger partial charge in [-0.25, -0.2) is 0 Å². The summed E-state index contributed by atoms with van der Waals surface area (Å²) in [5.74, 6) is 0.464. The van der Waals surface area contributed by atoms with Gasteiger partial charge in [-0.05, 0) is 36.3 Å². The molecule has 3 rings (SSSR count). The van der Waals surface area contributed by atoms with E-state index in [4.69, 9.17) is 4.74 Å². The largest absolute Gasteiger partial charge is 0.373 e. The molecule has 3 unspecified atom stereocenters. The Morgan fingerprint density at radius 1 is 1.12 bits per heavy atom. The van der Waals surface area contributed by atoms with Gasteiger partial charge in [-0.15, -0.1) is 0 Å². The van der Waals surface area contributed by atoms with E-state index in [0.717, 1.165) is 31.4 Å². The van der Waals surface area contributed by atoms with Crippen LogP contribution in [-0.2, 0) is 9.53 Å². The Kier molecular flexibility index (Phi) is 6.24. The van der Waals surface area contributed by atoms with Crippen LogP contribution in [0.1, 0.15) is 49.3 Å². The Labute approximate surface area is 150 Å². The zero-order chi connectivity index (χ0) is 17.5. The Bertz CT molecular complexity index is 656. The molecule has 1 heterocycles. The van der Waals surface area contributed by atoms with Crippen LogP contribution in [0.5, 0.6) is 0 Å². The van der Waals surface area contributed by atoms with Gasteiger partial charge in [-0.3, -0.25) is 4.79 Å². The van der Waals surface area contributed by atoms with E-state index in [1.165, 1.54) is 5.56 Å². The zero-order valence-electron chi connectivity index (χ0n) is 14.9. The summed E-state index contributed by atoms with van der Waals surface area (Å²) in [7, 11) is 0. The molecular weight excluding hydrogens is 310 g/mol. The van der Waals surface area contributed by atoms with Gasteiger partial charge in [0.15, 0.2) is 0 Å². The standard InChI is InChI=1S/C22H27NO2/c1-17(18-9-4-2-5-10-18)14-15-23-22(24)20-13-8-16-25-21(20)19-11-6-3-7-12-19/h2-7,9-12,17,20-21H,8,13-16H2,1H3,(H,23,24). The van der Waals surface area contributed by atoms with Crippen molar-refractivity contribution in [1.29, 1.82) is 0 Å². The van der Waals surface area contributed by atoms with Crippen molar-refractivity contribution in [3.8, 4) is 0 Å². The van der Waals surface area contributed by atoms with Crippen molar-refractivity contribution in [1.82, 2.24) is 5.32 Å². The maximum absolute atomic E-state index is 12.7. The molecule has 1 aliphatic heterocycles. The summed E-state index contributed by atoms with van der Waals surface area (Å²) in [5, 5.41) is 3.13. The minimum atomic E-state index is -0.124. The van der Waals surface area contributed by atoms with Crippen LogP contribution in [0.25, 0.3) is 0 Å². The van der Waals surface area contributed by atoms with E-state index in [1.54, 1.807) is 0 Å². The third kappa shape index (κ3) is 4.70. The molecule has 1 fully saturated rings. The average molecular weight is 337 g/mol. The van der Waals surface area contributed by atoms with Crippen LogP contribution in [-0.4, -0.2) is 19.1 Å². The second kappa shape index (κ2) is 8.82. The Morgan fingerprint density at radius 2 is 1.80 bits per heavy atom.